The molecule has 3 unspecified atom stereocenters. The number of halogens is 2. The van der Waals surface area contributed by atoms with E-state index in [2.05, 4.69) is 53.6 Å². The van der Waals surface area contributed by atoms with Crippen LogP contribution in [0.5, 0.6) is 0 Å². The molecule has 2 aromatic rings. The lowest BCUT2D eigenvalue weighted by Crippen LogP contribution is -2.46. The molecule has 37 heavy (non-hydrogen) atoms. The van der Waals surface area contributed by atoms with E-state index in [0.717, 1.165) is 38.3 Å². The molecule has 1 heterocycles. The molecular weight excluding hydrogens is 476 g/mol. The van der Waals surface area contributed by atoms with Crippen LogP contribution in [0.25, 0.3) is 0 Å². The maximum absolute atomic E-state index is 12.5. The number of hydrogen-bond acceptors (Lipinski definition) is 5. The second-order valence-electron chi connectivity index (χ2n) is 9.76. The van der Waals surface area contributed by atoms with Crippen molar-refractivity contribution >= 4 is 5.91 Å². The van der Waals surface area contributed by atoms with Crippen LogP contribution in [0.2, 0.25) is 0 Å². The van der Waals surface area contributed by atoms with Crippen LogP contribution in [0.1, 0.15) is 56.2 Å². The molecule has 3 atom stereocenters. The molecule has 0 bridgehead atoms. The zero-order valence-corrected chi connectivity index (χ0v) is 22.4. The highest BCUT2D eigenvalue weighted by molar-refractivity contribution is 5.82. The van der Waals surface area contributed by atoms with Crippen LogP contribution in [-0.4, -0.2) is 65.4 Å². The number of nitrogens with one attached hydrogen (secondary N) is 2. The highest BCUT2D eigenvalue weighted by atomic mass is 19.1. The summed E-state index contributed by atoms with van der Waals surface area (Å²) in [5.41, 5.74) is 3.10. The van der Waals surface area contributed by atoms with Gasteiger partial charge in [0.2, 0.25) is 5.91 Å². The Balaban J connectivity index is 0.000000449. The standard InChI is InChI=1S/C22H37N3O3.C7H6F2/c1-3-5-6-10-25-16-19(26)12-21(25)22(28)24-15-20(27)14-23-13-18-9-7-8-17(4-2)11-18;1-5-2-6(8)4-7(9)3-5/h7-9,11,19-21,23,26-27H,3-6,10,12-16H2,1-2H3,(H,24,28);2-4H,1H3. The highest BCUT2D eigenvalue weighted by Crippen LogP contribution is 2.19. The molecule has 1 amide bonds. The number of benzene rings is 2. The first-order valence-corrected chi connectivity index (χ1v) is 13.3. The van der Waals surface area contributed by atoms with Crippen LogP contribution in [0.15, 0.2) is 42.5 Å². The van der Waals surface area contributed by atoms with E-state index >= 15 is 0 Å². The average molecular weight is 520 g/mol. The summed E-state index contributed by atoms with van der Waals surface area (Å²) >= 11 is 0. The monoisotopic (exact) mass is 519 g/mol. The van der Waals surface area contributed by atoms with E-state index in [9.17, 15) is 23.8 Å². The Bertz CT molecular complexity index is 909. The van der Waals surface area contributed by atoms with Crippen molar-refractivity contribution in [2.24, 2.45) is 0 Å². The molecule has 1 aliphatic rings. The van der Waals surface area contributed by atoms with Gasteiger partial charge in [-0.1, -0.05) is 51.0 Å². The molecule has 4 N–H and O–H groups in total. The molecule has 1 aliphatic heterocycles. The molecule has 0 aliphatic carbocycles. The van der Waals surface area contributed by atoms with Gasteiger partial charge in [0.15, 0.2) is 0 Å². The SMILES string of the molecule is CCCCCN1CC(O)CC1C(=O)NCC(O)CNCc1cccc(CC)c1.Cc1cc(F)cc(F)c1. The van der Waals surface area contributed by atoms with E-state index in [1.807, 2.05) is 0 Å². The Kier molecular flexibility index (Phi) is 13.7. The smallest absolute Gasteiger partial charge is 0.237 e. The number of aliphatic hydroxyl groups excluding tert-OH is 2. The molecule has 0 spiro atoms. The lowest BCUT2D eigenvalue weighted by molar-refractivity contribution is -0.126. The van der Waals surface area contributed by atoms with E-state index in [4.69, 9.17) is 0 Å². The molecule has 1 fully saturated rings. The molecule has 6 nitrogen and oxygen atoms in total. The number of β-amino-alcohol motifs (C(OH)–C–C–N with tert-alkyl or cyclic N) is 1. The fourth-order valence-electron chi connectivity index (χ4n) is 4.41. The Morgan fingerprint density at radius 1 is 1.08 bits per heavy atom. The van der Waals surface area contributed by atoms with Gasteiger partial charge in [0, 0.05) is 32.2 Å². The van der Waals surface area contributed by atoms with Gasteiger partial charge in [-0.25, -0.2) is 8.78 Å². The number of nitrogens with zero attached hydrogens (tertiary/aromatic N) is 1. The lowest BCUT2D eigenvalue weighted by Gasteiger charge is -2.24. The maximum Gasteiger partial charge on any atom is 0.237 e. The fourth-order valence-corrected chi connectivity index (χ4v) is 4.41. The third-order valence-electron chi connectivity index (χ3n) is 6.36. The van der Waals surface area contributed by atoms with Crippen LogP contribution in [0.4, 0.5) is 8.78 Å². The number of carbonyl (C=O) groups excluding carboxylic acids is 1. The number of aryl methyl sites for hydroxylation is 2. The Morgan fingerprint density at radius 3 is 2.43 bits per heavy atom. The lowest BCUT2D eigenvalue weighted by atomic mass is 10.1. The summed E-state index contributed by atoms with van der Waals surface area (Å²) in [6.07, 6.45) is 3.70. The Morgan fingerprint density at radius 2 is 1.78 bits per heavy atom. The maximum atomic E-state index is 12.5. The molecule has 0 saturated carbocycles. The first-order chi connectivity index (χ1) is 17.7. The van der Waals surface area contributed by atoms with Gasteiger partial charge in [-0.3, -0.25) is 9.69 Å². The van der Waals surface area contributed by atoms with Crippen molar-refractivity contribution in [3.05, 3.63) is 70.8 Å². The van der Waals surface area contributed by atoms with Gasteiger partial charge in [-0.2, -0.15) is 0 Å². The van der Waals surface area contributed by atoms with Gasteiger partial charge in [0.05, 0.1) is 18.2 Å². The molecule has 1 saturated heterocycles. The molecule has 0 radical (unpaired) electrons. The van der Waals surface area contributed by atoms with Crippen LogP contribution < -0.4 is 10.6 Å². The van der Waals surface area contributed by atoms with Crippen molar-refractivity contribution in [2.45, 2.75) is 77.7 Å². The van der Waals surface area contributed by atoms with E-state index < -0.39 is 23.8 Å². The minimum absolute atomic E-state index is 0.0947. The Hall–Kier alpha value is -2.39. The first kappa shape index (κ1) is 30.8. The van der Waals surface area contributed by atoms with Crippen molar-refractivity contribution < 1.29 is 23.8 Å². The first-order valence-electron chi connectivity index (χ1n) is 13.3. The molecular formula is C29H43F2N3O3. The van der Waals surface area contributed by atoms with Gasteiger partial charge in [0.1, 0.15) is 11.6 Å². The average Bonchev–Trinajstić information content (AvgIpc) is 3.22. The zero-order valence-electron chi connectivity index (χ0n) is 22.4. The summed E-state index contributed by atoms with van der Waals surface area (Å²) < 4.78 is 24.4. The third-order valence-corrected chi connectivity index (χ3v) is 6.36. The van der Waals surface area contributed by atoms with Crippen molar-refractivity contribution in [3.63, 3.8) is 0 Å². The predicted octanol–water partition coefficient (Wildman–Crippen LogP) is 3.71. The summed E-state index contributed by atoms with van der Waals surface area (Å²) in [5, 5.41) is 26.2. The van der Waals surface area contributed by atoms with Crippen LogP contribution >= 0.6 is 0 Å². The molecule has 3 rings (SSSR count). The van der Waals surface area contributed by atoms with E-state index in [1.54, 1.807) is 6.92 Å². The summed E-state index contributed by atoms with van der Waals surface area (Å²) in [6, 6.07) is 11.5. The second-order valence-corrected chi connectivity index (χ2v) is 9.76. The van der Waals surface area contributed by atoms with Crippen LogP contribution in [0.3, 0.4) is 0 Å². The van der Waals surface area contributed by atoms with Gasteiger partial charge >= 0.3 is 0 Å². The molecule has 0 aromatic heterocycles. The normalized spacial score (nSPS) is 18.2. The van der Waals surface area contributed by atoms with Crippen molar-refractivity contribution in [1.29, 1.82) is 0 Å². The van der Waals surface area contributed by atoms with Crippen molar-refractivity contribution in [2.75, 3.05) is 26.2 Å². The predicted molar refractivity (Wildman–Crippen MR) is 143 cm³/mol. The van der Waals surface area contributed by atoms with Gasteiger partial charge in [0.25, 0.3) is 0 Å². The minimum atomic E-state index is -0.641. The summed E-state index contributed by atoms with van der Waals surface area (Å²) in [4.78, 5) is 14.6. The van der Waals surface area contributed by atoms with Gasteiger partial charge in [-0.05, 0) is 61.6 Å². The highest BCUT2D eigenvalue weighted by Gasteiger charge is 2.35. The van der Waals surface area contributed by atoms with Crippen molar-refractivity contribution in [1.82, 2.24) is 15.5 Å². The van der Waals surface area contributed by atoms with E-state index in [0.29, 0.717) is 31.6 Å². The van der Waals surface area contributed by atoms with E-state index in [-0.39, 0.29) is 18.5 Å². The second kappa shape index (κ2) is 16.5. The van der Waals surface area contributed by atoms with E-state index in [1.165, 1.54) is 23.3 Å². The number of rotatable bonds is 12. The van der Waals surface area contributed by atoms with Crippen LogP contribution in [-0.2, 0) is 17.8 Å². The quantitative estimate of drug-likeness (QED) is 0.321. The number of likely N-dealkylation sites (tertiary alicyclic amines) is 1. The minimum Gasteiger partial charge on any atom is -0.392 e. The fraction of sp³-hybridized carbons (Fsp3) is 0.552. The number of aliphatic hydroxyl groups is 2. The van der Waals surface area contributed by atoms with Gasteiger partial charge < -0.3 is 20.8 Å². The molecule has 8 heteroatoms. The van der Waals surface area contributed by atoms with Crippen molar-refractivity contribution in [3.8, 4) is 0 Å². The largest absolute Gasteiger partial charge is 0.392 e. The topological polar surface area (TPSA) is 84.8 Å². The van der Waals surface area contributed by atoms with Crippen LogP contribution in [0, 0.1) is 18.6 Å². The number of unbranched alkanes of at least 4 members (excludes halogenated alkanes) is 2. The number of amides is 1. The summed E-state index contributed by atoms with van der Waals surface area (Å²) in [7, 11) is 0. The summed E-state index contributed by atoms with van der Waals surface area (Å²) in [6.45, 7) is 8.66. The van der Waals surface area contributed by atoms with Gasteiger partial charge in [-0.15, -0.1) is 0 Å². The number of carbonyl (C=O) groups is 1. The Labute approximate surface area is 220 Å². The zero-order chi connectivity index (χ0) is 27.2. The third kappa shape index (κ3) is 11.7. The molecule has 206 valence electrons. The molecule has 2 aromatic carbocycles. The summed E-state index contributed by atoms with van der Waals surface area (Å²) in [5.74, 6) is -1.14. The number of hydrogen-bond donors (Lipinski definition) is 4.